The SMILES string of the molecule is Cc1ccc(NC(=O)c2ccc(NC(=O)c3ccccc3)cc2)c([N+](=O)[O-])c1. The number of nitro benzene ring substituents is 1. The van der Waals surface area contributed by atoms with Crippen molar-refractivity contribution in [3.05, 3.63) is 99.6 Å². The van der Waals surface area contributed by atoms with Crippen molar-refractivity contribution in [3.63, 3.8) is 0 Å². The van der Waals surface area contributed by atoms with Gasteiger partial charge in [0, 0.05) is 22.9 Å². The molecule has 0 saturated heterocycles. The molecule has 0 fully saturated rings. The van der Waals surface area contributed by atoms with Crippen LogP contribution in [0.15, 0.2) is 72.8 Å². The highest BCUT2D eigenvalue weighted by Gasteiger charge is 2.17. The molecule has 7 nitrogen and oxygen atoms in total. The summed E-state index contributed by atoms with van der Waals surface area (Å²) >= 11 is 0. The van der Waals surface area contributed by atoms with Gasteiger partial charge in [0.15, 0.2) is 0 Å². The Hall–Kier alpha value is -4.00. The number of aryl methyl sites for hydroxylation is 1. The van der Waals surface area contributed by atoms with Crippen molar-refractivity contribution in [2.24, 2.45) is 0 Å². The van der Waals surface area contributed by atoms with Gasteiger partial charge in [-0.3, -0.25) is 19.7 Å². The second-order valence-corrected chi connectivity index (χ2v) is 6.13. The number of carbonyl (C=O) groups is 2. The summed E-state index contributed by atoms with van der Waals surface area (Å²) < 4.78 is 0. The summed E-state index contributed by atoms with van der Waals surface area (Å²) in [7, 11) is 0. The molecule has 0 bridgehead atoms. The fourth-order valence-electron chi connectivity index (χ4n) is 2.59. The molecule has 3 rings (SSSR count). The van der Waals surface area contributed by atoms with Crippen molar-refractivity contribution in [1.29, 1.82) is 0 Å². The highest BCUT2D eigenvalue weighted by Crippen LogP contribution is 2.26. The Balaban J connectivity index is 1.71. The van der Waals surface area contributed by atoms with Gasteiger partial charge >= 0.3 is 0 Å². The standard InChI is InChI=1S/C21H17N3O4/c1-14-7-12-18(19(13-14)24(27)28)23-21(26)16-8-10-17(11-9-16)22-20(25)15-5-3-2-4-6-15/h2-13H,1H3,(H,22,25)(H,23,26). The molecular formula is C21H17N3O4. The monoisotopic (exact) mass is 375 g/mol. The van der Waals surface area contributed by atoms with Gasteiger partial charge < -0.3 is 10.6 Å². The quantitative estimate of drug-likeness (QED) is 0.509. The fourth-order valence-corrected chi connectivity index (χ4v) is 2.59. The zero-order chi connectivity index (χ0) is 20.1. The van der Waals surface area contributed by atoms with Crippen molar-refractivity contribution in [2.45, 2.75) is 6.92 Å². The number of rotatable bonds is 5. The molecule has 28 heavy (non-hydrogen) atoms. The Labute approximate surface area is 161 Å². The molecule has 0 atom stereocenters. The van der Waals surface area contributed by atoms with Gasteiger partial charge in [-0.05, 0) is 55.0 Å². The summed E-state index contributed by atoms with van der Waals surface area (Å²) in [6, 6.07) is 19.6. The van der Waals surface area contributed by atoms with E-state index < -0.39 is 10.8 Å². The Kier molecular flexibility index (Phi) is 5.45. The van der Waals surface area contributed by atoms with Crippen molar-refractivity contribution in [1.82, 2.24) is 0 Å². The van der Waals surface area contributed by atoms with Crippen LogP contribution in [-0.2, 0) is 0 Å². The van der Waals surface area contributed by atoms with Gasteiger partial charge in [-0.2, -0.15) is 0 Å². The lowest BCUT2D eigenvalue weighted by Gasteiger charge is -2.08. The van der Waals surface area contributed by atoms with Gasteiger partial charge in [-0.1, -0.05) is 24.3 Å². The van der Waals surface area contributed by atoms with Crippen LogP contribution in [0.3, 0.4) is 0 Å². The van der Waals surface area contributed by atoms with E-state index in [9.17, 15) is 19.7 Å². The first-order valence-electron chi connectivity index (χ1n) is 8.47. The summed E-state index contributed by atoms with van der Waals surface area (Å²) in [4.78, 5) is 35.2. The van der Waals surface area contributed by atoms with Crippen LogP contribution in [0.4, 0.5) is 17.1 Å². The lowest BCUT2D eigenvalue weighted by atomic mass is 10.1. The van der Waals surface area contributed by atoms with E-state index >= 15 is 0 Å². The number of nitro groups is 1. The predicted molar refractivity (Wildman–Crippen MR) is 107 cm³/mol. The third kappa shape index (κ3) is 4.39. The van der Waals surface area contributed by atoms with Gasteiger partial charge in [0.25, 0.3) is 17.5 Å². The Morgan fingerprint density at radius 1 is 0.821 bits per heavy atom. The molecule has 0 heterocycles. The lowest BCUT2D eigenvalue weighted by molar-refractivity contribution is -0.384. The van der Waals surface area contributed by atoms with Crippen LogP contribution < -0.4 is 10.6 Å². The Bertz CT molecular complexity index is 1030. The van der Waals surface area contributed by atoms with Gasteiger partial charge in [0.2, 0.25) is 0 Å². The summed E-state index contributed by atoms with van der Waals surface area (Å²) in [6.45, 7) is 1.74. The number of nitrogens with zero attached hydrogens (tertiary/aromatic N) is 1. The van der Waals surface area contributed by atoms with Crippen molar-refractivity contribution >= 4 is 28.9 Å². The molecule has 0 unspecified atom stereocenters. The fraction of sp³-hybridized carbons (Fsp3) is 0.0476. The first kappa shape index (κ1) is 18.8. The van der Waals surface area contributed by atoms with Crippen molar-refractivity contribution in [3.8, 4) is 0 Å². The summed E-state index contributed by atoms with van der Waals surface area (Å²) in [5, 5.41) is 16.5. The van der Waals surface area contributed by atoms with Gasteiger partial charge in [-0.25, -0.2) is 0 Å². The maximum Gasteiger partial charge on any atom is 0.293 e. The van der Waals surface area contributed by atoms with Crippen LogP contribution >= 0.6 is 0 Å². The Morgan fingerprint density at radius 2 is 1.43 bits per heavy atom. The maximum atomic E-state index is 12.4. The average molecular weight is 375 g/mol. The van der Waals surface area contributed by atoms with Gasteiger partial charge in [0.1, 0.15) is 5.69 Å². The molecule has 0 aromatic heterocycles. The number of carbonyl (C=O) groups excluding carboxylic acids is 2. The topological polar surface area (TPSA) is 101 Å². The zero-order valence-corrected chi connectivity index (χ0v) is 15.0. The highest BCUT2D eigenvalue weighted by atomic mass is 16.6. The van der Waals surface area contributed by atoms with Gasteiger partial charge in [-0.15, -0.1) is 0 Å². The number of benzene rings is 3. The van der Waals surface area contributed by atoms with Crippen LogP contribution in [0, 0.1) is 17.0 Å². The minimum absolute atomic E-state index is 0.127. The molecule has 140 valence electrons. The molecular weight excluding hydrogens is 358 g/mol. The van der Waals surface area contributed by atoms with Crippen LogP contribution in [0.25, 0.3) is 0 Å². The first-order chi connectivity index (χ1) is 13.4. The average Bonchev–Trinajstić information content (AvgIpc) is 2.70. The molecule has 7 heteroatoms. The van der Waals surface area contributed by atoms with Crippen molar-refractivity contribution < 1.29 is 14.5 Å². The molecule has 0 aliphatic heterocycles. The number of hydrogen-bond acceptors (Lipinski definition) is 4. The summed E-state index contributed by atoms with van der Waals surface area (Å²) in [6.07, 6.45) is 0. The van der Waals surface area contributed by atoms with Crippen LogP contribution in [0.5, 0.6) is 0 Å². The number of amides is 2. The second-order valence-electron chi connectivity index (χ2n) is 6.13. The third-order valence-corrected chi connectivity index (χ3v) is 4.04. The lowest BCUT2D eigenvalue weighted by Crippen LogP contribution is -2.14. The van der Waals surface area contributed by atoms with Crippen LogP contribution in [0.2, 0.25) is 0 Å². The number of nitrogens with one attached hydrogen (secondary N) is 2. The maximum absolute atomic E-state index is 12.4. The van der Waals surface area contributed by atoms with Crippen LogP contribution in [-0.4, -0.2) is 16.7 Å². The van der Waals surface area contributed by atoms with E-state index in [2.05, 4.69) is 10.6 Å². The number of hydrogen-bond donors (Lipinski definition) is 2. The number of anilines is 2. The van der Waals surface area contributed by atoms with Gasteiger partial charge in [0.05, 0.1) is 4.92 Å². The minimum atomic E-state index is -0.537. The summed E-state index contributed by atoms with van der Waals surface area (Å²) in [5.74, 6) is -0.735. The largest absolute Gasteiger partial charge is 0.322 e. The second kappa shape index (κ2) is 8.13. The first-order valence-corrected chi connectivity index (χ1v) is 8.47. The zero-order valence-electron chi connectivity index (χ0n) is 15.0. The molecule has 3 aromatic carbocycles. The molecule has 2 amide bonds. The third-order valence-electron chi connectivity index (χ3n) is 4.04. The molecule has 0 spiro atoms. The minimum Gasteiger partial charge on any atom is -0.322 e. The normalized spacial score (nSPS) is 10.2. The molecule has 2 N–H and O–H groups in total. The molecule has 0 aliphatic rings. The highest BCUT2D eigenvalue weighted by molar-refractivity contribution is 6.07. The van der Waals surface area contributed by atoms with E-state index in [1.165, 1.54) is 24.3 Å². The van der Waals surface area contributed by atoms with E-state index in [-0.39, 0.29) is 17.3 Å². The van der Waals surface area contributed by atoms with Crippen molar-refractivity contribution in [2.75, 3.05) is 10.6 Å². The molecule has 3 aromatic rings. The van der Waals surface area contributed by atoms with E-state index in [4.69, 9.17) is 0 Å². The van der Waals surface area contributed by atoms with E-state index in [1.807, 2.05) is 6.07 Å². The Morgan fingerprint density at radius 3 is 2.07 bits per heavy atom. The smallest absolute Gasteiger partial charge is 0.293 e. The molecule has 0 aliphatic carbocycles. The summed E-state index contributed by atoms with van der Waals surface area (Å²) in [5.41, 5.74) is 2.06. The van der Waals surface area contributed by atoms with E-state index in [1.54, 1.807) is 49.4 Å². The molecule has 0 saturated carbocycles. The van der Waals surface area contributed by atoms with Crippen LogP contribution in [0.1, 0.15) is 26.3 Å². The van der Waals surface area contributed by atoms with E-state index in [0.717, 1.165) is 5.56 Å². The molecule has 0 radical (unpaired) electrons. The van der Waals surface area contributed by atoms with E-state index in [0.29, 0.717) is 16.8 Å². The predicted octanol–water partition coefficient (Wildman–Crippen LogP) is 4.41.